The standard InChI is InChI=1S/2C14H19N5O3S.C14H18N4O.C12H15NO.C10H14O.C9H11BrO.C9H12O.C6H12N2.C6H8O7.2CH4/c2*1-7(2)9-4-8(3)12(23(17,20)21)5-10(9)22-11-6-18-14(16)19-13(11)15;1-8(2)10-6-9(3)4-5-11(10)19-12-7-17-14(16)18-13(12)15;1-9(2)11-8-10(3)4-5-12(11)14-7-6-13;1-7(2)9-6-8(3)4-5-10(9)11;1-6(2)8-5-7(10)3-4-9(8)11;1-7(2)8-5-3-4-6-9(8)10;1-2-8-5-3-7(1)4-6-8;7-3(8)1-6(13,5(11)12)2-4(9)10;;/h2*4-7H,1-3H3,(H2,17,20,21)(H4,15,16,18,19);4-8H,1-3H3,(H4,15,16,17,18);4-5,8-9H,7H2,1-3H3;4-7,11H,1-3H3;3-6,11H,1-2H3;3-7,10H,1-2H3;1-6H2;13H,1-2H2,(H,7,8)(H,9,10)(H,11,12);2*1H4. The number of piperazine rings is 3. The Morgan fingerprint density at radius 2 is 0.724 bits per heavy atom. The first-order valence-electron chi connectivity index (χ1n) is 42.1. The number of hydrogen-bond donors (Lipinski definition) is 15. The minimum absolute atomic E-state index is 0. The van der Waals surface area contributed by atoms with Gasteiger partial charge >= 0.3 is 17.9 Å². The summed E-state index contributed by atoms with van der Waals surface area (Å²) in [6.07, 6.45) is 1.86. The Morgan fingerprint density at radius 1 is 0.425 bits per heavy atom. The van der Waals surface area contributed by atoms with Crippen molar-refractivity contribution in [2.24, 2.45) is 10.3 Å². The number of hydrogen-bond acceptors (Lipinski definition) is 30. The van der Waals surface area contributed by atoms with Crippen molar-refractivity contribution in [3.05, 3.63) is 211 Å². The molecule has 2 bridgehead atoms. The number of nitriles is 1. The van der Waals surface area contributed by atoms with Crippen LogP contribution in [0.1, 0.15) is 233 Å². The third kappa shape index (κ3) is 38.5. The van der Waals surface area contributed by atoms with Crippen molar-refractivity contribution in [2.45, 2.75) is 216 Å². The van der Waals surface area contributed by atoms with E-state index in [0.29, 0.717) is 75.2 Å². The number of benzene rings is 7. The lowest BCUT2D eigenvalue weighted by molar-refractivity contribution is -0.170. The highest BCUT2D eigenvalue weighted by Gasteiger charge is 2.41. The highest BCUT2D eigenvalue weighted by Crippen LogP contribution is 2.40. The third-order valence-corrected chi connectivity index (χ3v) is 22.5. The summed E-state index contributed by atoms with van der Waals surface area (Å²) in [7, 11) is -7.74. The van der Waals surface area contributed by atoms with Gasteiger partial charge in [0.15, 0.2) is 46.9 Å². The van der Waals surface area contributed by atoms with Crippen LogP contribution >= 0.6 is 15.9 Å². The minimum Gasteiger partial charge on any atom is -0.508 e. The number of sulfonamides is 2. The van der Waals surface area contributed by atoms with Crippen LogP contribution in [0.3, 0.4) is 0 Å². The lowest BCUT2D eigenvalue weighted by Crippen LogP contribution is -2.55. The Labute approximate surface area is 796 Å². The molecular weight excluding hydrogens is 1820 g/mol. The number of aromatic nitrogens is 6. The fraction of sp³-hybridized carbons (Fsp3) is 0.396. The normalized spacial score (nSPS) is 12.8. The van der Waals surface area contributed by atoms with Crippen molar-refractivity contribution < 1.29 is 85.9 Å². The molecule has 23 N–H and O–H groups in total. The van der Waals surface area contributed by atoms with Gasteiger partial charge in [-0.1, -0.05) is 211 Å². The molecule has 0 amide bonds. The number of nitrogen functional groups attached to an aromatic ring is 6. The van der Waals surface area contributed by atoms with Crippen molar-refractivity contribution in [1.29, 1.82) is 5.26 Å². The van der Waals surface area contributed by atoms with Crippen LogP contribution in [0.2, 0.25) is 0 Å². The predicted octanol–water partition coefficient (Wildman–Crippen LogP) is 17.2. The van der Waals surface area contributed by atoms with E-state index in [9.17, 15) is 46.5 Å². The van der Waals surface area contributed by atoms with Crippen LogP contribution in [-0.2, 0) is 34.4 Å². The van der Waals surface area contributed by atoms with Gasteiger partial charge in [0, 0.05) is 55.9 Å². The molecule has 6 heterocycles. The molecule has 7 aromatic carbocycles. The number of carbonyl (C=O) groups is 3. The summed E-state index contributed by atoms with van der Waals surface area (Å²) in [6.45, 7) is 46.2. The van der Waals surface area contributed by atoms with E-state index in [4.69, 9.17) is 89.3 Å². The number of aliphatic hydroxyl groups is 1. The zero-order chi connectivity index (χ0) is 99.7. The largest absolute Gasteiger partial charge is 0.508 e. The van der Waals surface area contributed by atoms with Crippen molar-refractivity contribution in [2.75, 3.05) is 80.3 Å². The molecule has 0 saturated carbocycles. The molecule has 3 aliphatic heterocycles. The molecule has 0 unspecified atom stereocenters. The molecule has 13 rings (SSSR count). The van der Waals surface area contributed by atoms with Gasteiger partial charge in [0.1, 0.15) is 46.3 Å². The summed E-state index contributed by atoms with van der Waals surface area (Å²) in [5.41, 5.74) is 42.5. The van der Waals surface area contributed by atoms with E-state index >= 15 is 0 Å². The molecule has 0 spiro atoms. The summed E-state index contributed by atoms with van der Waals surface area (Å²) in [5.74, 6) is 1.87. The lowest BCUT2D eigenvalue weighted by Gasteiger charge is -2.41. The van der Waals surface area contributed by atoms with Crippen LogP contribution in [0.25, 0.3) is 0 Å². The zero-order valence-electron chi connectivity index (χ0n) is 78.1. The van der Waals surface area contributed by atoms with E-state index in [1.165, 1.54) is 92.2 Å². The van der Waals surface area contributed by atoms with Crippen LogP contribution in [0.15, 0.2) is 154 Å². The second kappa shape index (κ2) is 54.4. The fourth-order valence-electron chi connectivity index (χ4n) is 12.8. The number of aryl methyl sites for hydroxylation is 5. The number of nitrogens with zero attached hydrogens (tertiary/aromatic N) is 9. The molecule has 10 aromatic rings. The molecule has 35 nitrogen and oxygen atoms in total. The highest BCUT2D eigenvalue weighted by atomic mass is 79.9. The van der Waals surface area contributed by atoms with E-state index < -0.39 is 56.4 Å². The number of carboxylic acid groups (broad SMARTS) is 3. The number of anilines is 6. The third-order valence-electron chi connectivity index (χ3n) is 19.9. The molecule has 3 saturated heterocycles. The van der Waals surface area contributed by atoms with Gasteiger partial charge in [0.05, 0.1) is 41.2 Å². The van der Waals surface area contributed by atoms with Gasteiger partial charge in [-0.05, 0) is 169 Å². The molecule has 732 valence electrons. The minimum atomic E-state index is -3.87. The van der Waals surface area contributed by atoms with Crippen LogP contribution < -0.4 is 63.6 Å². The number of phenolic OH excluding ortho intramolecular Hbond substituents is 3. The molecule has 134 heavy (non-hydrogen) atoms. The van der Waals surface area contributed by atoms with Gasteiger partial charge in [0.25, 0.3) is 0 Å². The smallest absolute Gasteiger partial charge is 0.336 e. The Hall–Kier alpha value is -12.7. The highest BCUT2D eigenvalue weighted by molar-refractivity contribution is 9.10. The number of nitrogens with two attached hydrogens (primary N) is 8. The maximum Gasteiger partial charge on any atom is 0.336 e. The quantitative estimate of drug-likeness (QED) is 0.0300. The first-order valence-corrected chi connectivity index (χ1v) is 46.0. The van der Waals surface area contributed by atoms with Gasteiger partial charge in [-0.3, -0.25) is 19.4 Å². The molecule has 3 aromatic heterocycles. The number of ether oxygens (including phenoxy) is 4. The number of aliphatic carboxylic acids is 3. The number of fused-ring (bicyclic) bond motifs is 3. The number of carboxylic acids is 3. The second-order valence-electron chi connectivity index (χ2n) is 33.2. The monoisotopic (exact) mass is 1960 g/mol. The number of primary sulfonamides is 2. The number of halogens is 1. The fourth-order valence-corrected chi connectivity index (χ4v) is 14.7. The van der Waals surface area contributed by atoms with E-state index in [0.717, 1.165) is 49.4 Å². The predicted molar refractivity (Wildman–Crippen MR) is 530 cm³/mol. The van der Waals surface area contributed by atoms with Crippen molar-refractivity contribution in [3.8, 4) is 63.6 Å². The summed E-state index contributed by atoms with van der Waals surface area (Å²) >= 11 is 3.35. The maximum atomic E-state index is 11.7. The molecular formula is C96H136BrN17O18S2. The van der Waals surface area contributed by atoms with E-state index in [1.807, 2.05) is 107 Å². The lowest BCUT2D eigenvalue weighted by atomic mass is 9.96. The topological polar surface area (TPSA) is 614 Å². The molecule has 3 fully saturated rings. The van der Waals surface area contributed by atoms with Gasteiger partial charge in [-0.2, -0.15) is 20.2 Å². The number of aromatic hydroxyl groups is 3. The Kier molecular flexibility index (Phi) is 47.7. The first kappa shape index (κ1) is 117. The summed E-state index contributed by atoms with van der Waals surface area (Å²) < 4.78 is 70.4. The molecule has 0 atom stereocenters. The Balaban J connectivity index is 0.000000519. The van der Waals surface area contributed by atoms with Gasteiger partial charge in [0.2, 0.25) is 37.9 Å². The summed E-state index contributed by atoms with van der Waals surface area (Å²) in [5, 5.41) is 80.8. The average molecular weight is 1960 g/mol. The van der Waals surface area contributed by atoms with Crippen LogP contribution in [0.5, 0.6) is 57.5 Å². The summed E-state index contributed by atoms with van der Waals surface area (Å²) in [4.78, 5) is 58.6. The summed E-state index contributed by atoms with van der Waals surface area (Å²) in [6, 6.07) is 38.9. The van der Waals surface area contributed by atoms with Crippen molar-refractivity contribution >= 4 is 89.2 Å². The van der Waals surface area contributed by atoms with E-state index in [-0.39, 0.29) is 89.9 Å². The average Bonchev–Trinajstić information content (AvgIpc) is 0.787. The van der Waals surface area contributed by atoms with Gasteiger partial charge < -0.3 is 89.1 Å². The Bertz CT molecular complexity index is 5580. The van der Waals surface area contributed by atoms with Gasteiger partial charge in [-0.15, -0.1) is 0 Å². The molecule has 0 aliphatic carbocycles. The van der Waals surface area contributed by atoms with E-state index in [1.54, 1.807) is 44.2 Å². The molecule has 0 radical (unpaired) electrons. The first-order chi connectivity index (χ1) is 61.5. The number of phenols is 3. The number of rotatable bonds is 22. The SMILES string of the molecule is C.C.C1CN2CCN1CC2.CC(C)c1cc(Br)ccc1O.CC(C)c1ccccc1O.Cc1cc(C(C)C)c(Oc2cnc(N)nc2N)cc1S(N)(=O)=O.Cc1cc(C(C)C)c(Oc2cnc(N)nc2N)cc1S(N)(=O)=O.Cc1ccc(O)c(C(C)C)c1.Cc1ccc(OCC#N)c(C(C)C)c1.Cc1ccc(Oc2cnc(N)nc2N)c(C(C)C)c1.O=C(O)CC(O)(CC(=O)O)C(=O)O. The maximum absolute atomic E-state index is 11.7. The Morgan fingerprint density at radius 3 is 1.01 bits per heavy atom. The second-order valence-corrected chi connectivity index (χ2v) is 37.2. The van der Waals surface area contributed by atoms with E-state index in [2.05, 4.69) is 151 Å². The molecule has 3 aliphatic rings. The zero-order valence-corrected chi connectivity index (χ0v) is 81.4. The number of para-hydroxylation sites is 1. The van der Waals surface area contributed by atoms with Crippen LogP contribution in [0, 0.1) is 45.9 Å². The van der Waals surface area contributed by atoms with Crippen LogP contribution in [-0.4, -0.2) is 162 Å². The molecule has 38 heteroatoms. The van der Waals surface area contributed by atoms with Crippen molar-refractivity contribution in [3.63, 3.8) is 0 Å². The van der Waals surface area contributed by atoms with Crippen LogP contribution in [0.4, 0.5) is 35.3 Å². The van der Waals surface area contributed by atoms with Gasteiger partial charge in [-0.25, -0.2) is 46.9 Å². The van der Waals surface area contributed by atoms with Crippen molar-refractivity contribution in [1.82, 2.24) is 39.7 Å².